The molecule has 23 heavy (non-hydrogen) atoms. The van der Waals surface area contributed by atoms with Gasteiger partial charge in [0, 0.05) is 27.2 Å². The molecule has 2 aromatic carbocycles. The van der Waals surface area contributed by atoms with Crippen LogP contribution >= 0.6 is 23.2 Å². The Labute approximate surface area is 144 Å². The van der Waals surface area contributed by atoms with Crippen LogP contribution in [-0.4, -0.2) is 10.8 Å². The van der Waals surface area contributed by atoms with Crippen molar-refractivity contribution in [3.8, 4) is 11.3 Å². The molecule has 0 saturated heterocycles. The highest BCUT2D eigenvalue weighted by Gasteiger charge is 2.12. The molecule has 3 aromatic rings. The van der Waals surface area contributed by atoms with Crippen molar-refractivity contribution in [1.82, 2.24) is 4.98 Å². The normalized spacial score (nSPS) is 10.5. The van der Waals surface area contributed by atoms with Crippen molar-refractivity contribution in [2.75, 3.05) is 0 Å². The number of hydrogen-bond donors (Lipinski definition) is 0. The lowest BCUT2D eigenvalue weighted by atomic mass is 10.1. The summed E-state index contributed by atoms with van der Waals surface area (Å²) < 4.78 is 1.74. The number of halogens is 2. The average Bonchev–Trinajstić information content (AvgIpc) is 2.56. The molecule has 0 amide bonds. The van der Waals surface area contributed by atoms with E-state index in [0.717, 1.165) is 11.3 Å². The van der Waals surface area contributed by atoms with Crippen LogP contribution in [0.4, 0.5) is 0 Å². The summed E-state index contributed by atoms with van der Waals surface area (Å²) in [6, 6.07) is 16.2. The molecule has 1 heterocycles. The van der Waals surface area contributed by atoms with Gasteiger partial charge in [-0.25, -0.2) is 4.57 Å². The van der Waals surface area contributed by atoms with Crippen LogP contribution in [0.5, 0.6) is 0 Å². The Bertz CT molecular complexity index is 830. The molecule has 0 radical (unpaired) electrons. The van der Waals surface area contributed by atoms with E-state index in [9.17, 15) is 4.79 Å². The molecular weight excluding hydrogens is 331 g/mol. The van der Waals surface area contributed by atoms with E-state index in [-0.39, 0.29) is 12.3 Å². The maximum atomic E-state index is 12.2. The van der Waals surface area contributed by atoms with Gasteiger partial charge < -0.3 is 0 Å². The number of carbonyl (C=O) groups excluding carboxylic acids is 1. The van der Waals surface area contributed by atoms with Crippen LogP contribution in [0.25, 0.3) is 11.3 Å². The number of hydrogen-bond acceptors (Lipinski definition) is 2. The Balaban J connectivity index is 1.75. The fourth-order valence-electron chi connectivity index (χ4n) is 2.19. The third-order valence-electron chi connectivity index (χ3n) is 3.38. The van der Waals surface area contributed by atoms with E-state index in [1.165, 1.54) is 0 Å². The van der Waals surface area contributed by atoms with Crippen LogP contribution in [-0.2, 0) is 6.54 Å². The lowest BCUT2D eigenvalue weighted by Gasteiger charge is -2.01. The molecular formula is C18H13Cl2N2O+. The van der Waals surface area contributed by atoms with Crippen molar-refractivity contribution in [1.29, 1.82) is 0 Å². The van der Waals surface area contributed by atoms with Crippen LogP contribution in [0.15, 0.2) is 67.1 Å². The predicted molar refractivity (Wildman–Crippen MR) is 90.7 cm³/mol. The predicted octanol–water partition coefficient (Wildman–Crippen LogP) is 4.23. The first-order valence-electron chi connectivity index (χ1n) is 7.01. The Kier molecular flexibility index (Phi) is 4.70. The quantitative estimate of drug-likeness (QED) is 0.524. The molecule has 0 aliphatic heterocycles. The summed E-state index contributed by atoms with van der Waals surface area (Å²) in [6.07, 6.45) is 3.47. The van der Waals surface area contributed by atoms with Gasteiger partial charge in [0.1, 0.15) is 0 Å². The zero-order valence-corrected chi connectivity index (χ0v) is 13.6. The van der Waals surface area contributed by atoms with E-state index in [0.29, 0.717) is 15.6 Å². The number of Topliss-reactive ketones (excluding diaryl/α,β-unsaturated/α-hetero) is 1. The van der Waals surface area contributed by atoms with Crippen LogP contribution in [0.2, 0.25) is 10.0 Å². The lowest BCUT2D eigenvalue weighted by Crippen LogP contribution is -2.37. The Morgan fingerprint density at radius 3 is 2.43 bits per heavy atom. The molecule has 0 spiro atoms. The molecule has 114 valence electrons. The van der Waals surface area contributed by atoms with Gasteiger partial charge in [-0.3, -0.25) is 4.79 Å². The van der Waals surface area contributed by atoms with Gasteiger partial charge in [-0.05, 0) is 41.4 Å². The second kappa shape index (κ2) is 6.90. The van der Waals surface area contributed by atoms with Crippen molar-refractivity contribution in [2.24, 2.45) is 0 Å². The summed E-state index contributed by atoms with van der Waals surface area (Å²) in [7, 11) is 0. The van der Waals surface area contributed by atoms with E-state index in [4.69, 9.17) is 23.2 Å². The zero-order valence-electron chi connectivity index (χ0n) is 12.1. The largest absolute Gasteiger partial charge is 0.290 e. The van der Waals surface area contributed by atoms with Gasteiger partial charge in [-0.2, -0.15) is 0 Å². The number of nitrogens with zero attached hydrogens (tertiary/aromatic N) is 2. The molecule has 5 heteroatoms. The van der Waals surface area contributed by atoms with Gasteiger partial charge >= 0.3 is 0 Å². The molecule has 0 fully saturated rings. The Morgan fingerprint density at radius 2 is 1.78 bits per heavy atom. The van der Waals surface area contributed by atoms with Crippen LogP contribution in [0.1, 0.15) is 10.4 Å². The Morgan fingerprint density at radius 1 is 1.00 bits per heavy atom. The minimum atomic E-state index is 0.00368. The van der Waals surface area contributed by atoms with Crippen molar-refractivity contribution in [2.45, 2.75) is 6.54 Å². The SMILES string of the molecule is O=C(C[n+]1ccc(-c2cccc(Cl)c2)nc1)c1ccc(Cl)cc1. The minimum absolute atomic E-state index is 0.00368. The molecule has 0 aliphatic carbocycles. The van der Waals surface area contributed by atoms with Gasteiger partial charge in [0.2, 0.25) is 5.78 Å². The number of benzene rings is 2. The van der Waals surface area contributed by atoms with Crippen LogP contribution in [0.3, 0.4) is 0 Å². The third kappa shape index (κ3) is 3.95. The van der Waals surface area contributed by atoms with Crippen molar-refractivity contribution < 1.29 is 9.36 Å². The van der Waals surface area contributed by atoms with Gasteiger partial charge in [-0.1, -0.05) is 35.3 Å². The molecule has 0 N–H and O–H groups in total. The third-order valence-corrected chi connectivity index (χ3v) is 3.87. The second-order valence-corrected chi connectivity index (χ2v) is 5.93. The van der Waals surface area contributed by atoms with Crippen LogP contribution in [0, 0.1) is 0 Å². The molecule has 3 nitrogen and oxygen atoms in total. The highest BCUT2D eigenvalue weighted by atomic mass is 35.5. The van der Waals surface area contributed by atoms with E-state index in [2.05, 4.69) is 4.98 Å². The summed E-state index contributed by atoms with van der Waals surface area (Å²) in [5.41, 5.74) is 2.37. The first-order valence-corrected chi connectivity index (χ1v) is 7.77. The summed E-state index contributed by atoms with van der Waals surface area (Å²) in [4.78, 5) is 16.6. The van der Waals surface area contributed by atoms with Gasteiger partial charge in [-0.15, -0.1) is 0 Å². The smallest absolute Gasteiger partial charge is 0.287 e. The van der Waals surface area contributed by atoms with Gasteiger partial charge in [0.05, 0.1) is 6.20 Å². The zero-order chi connectivity index (χ0) is 16.2. The molecule has 0 aliphatic rings. The van der Waals surface area contributed by atoms with E-state index < -0.39 is 0 Å². The minimum Gasteiger partial charge on any atom is -0.290 e. The standard InChI is InChI=1S/C18H13Cl2N2O/c19-15-6-4-13(5-7-15)18(23)11-22-9-8-17(21-12-22)14-2-1-3-16(20)10-14/h1-10,12H,11H2/q+1. The highest BCUT2D eigenvalue weighted by molar-refractivity contribution is 6.31. The topological polar surface area (TPSA) is 33.8 Å². The van der Waals surface area contributed by atoms with Gasteiger partial charge in [0.25, 0.3) is 6.33 Å². The first-order chi connectivity index (χ1) is 11.1. The number of ketones is 1. The summed E-state index contributed by atoms with van der Waals surface area (Å²) in [5.74, 6) is 0.00368. The second-order valence-electron chi connectivity index (χ2n) is 5.06. The lowest BCUT2D eigenvalue weighted by molar-refractivity contribution is -0.686. The van der Waals surface area contributed by atoms with Crippen molar-refractivity contribution in [3.63, 3.8) is 0 Å². The summed E-state index contributed by atoms with van der Waals surface area (Å²) >= 11 is 11.8. The molecule has 0 bridgehead atoms. The van der Waals surface area contributed by atoms with E-state index in [1.54, 1.807) is 35.2 Å². The van der Waals surface area contributed by atoms with Crippen LogP contribution < -0.4 is 4.57 Å². The Hall–Kier alpha value is -2.23. The molecule has 0 unspecified atom stereocenters. The monoisotopic (exact) mass is 343 g/mol. The summed E-state index contributed by atoms with van der Waals surface area (Å²) in [6.45, 7) is 0.227. The number of aromatic nitrogens is 2. The molecule has 0 saturated carbocycles. The van der Waals surface area contributed by atoms with Crippen molar-refractivity contribution >= 4 is 29.0 Å². The summed E-state index contributed by atoms with van der Waals surface area (Å²) in [5, 5.41) is 1.28. The molecule has 0 atom stereocenters. The van der Waals surface area contributed by atoms with E-state index in [1.807, 2.05) is 36.5 Å². The fourth-order valence-corrected chi connectivity index (χ4v) is 2.51. The maximum Gasteiger partial charge on any atom is 0.287 e. The number of rotatable bonds is 4. The fraction of sp³-hybridized carbons (Fsp3) is 0.0556. The average molecular weight is 344 g/mol. The first kappa shape index (κ1) is 15.7. The molecule has 3 rings (SSSR count). The van der Waals surface area contributed by atoms with Gasteiger partial charge in [0.15, 0.2) is 12.2 Å². The van der Waals surface area contributed by atoms with Crippen molar-refractivity contribution in [3.05, 3.63) is 82.7 Å². The number of carbonyl (C=O) groups is 1. The maximum absolute atomic E-state index is 12.2. The van der Waals surface area contributed by atoms with E-state index >= 15 is 0 Å². The highest BCUT2D eigenvalue weighted by Crippen LogP contribution is 2.19. The molecule has 1 aromatic heterocycles.